The Morgan fingerprint density at radius 3 is 2.47 bits per heavy atom. The second-order valence-electron chi connectivity index (χ2n) is 10.9. The van der Waals surface area contributed by atoms with Crippen molar-refractivity contribution in [3.63, 3.8) is 0 Å². The van der Waals surface area contributed by atoms with Crippen LogP contribution < -0.4 is 14.8 Å². The molecule has 0 atom stereocenters. The number of sulfone groups is 1. The van der Waals surface area contributed by atoms with Crippen LogP contribution in [-0.2, 0) is 21.2 Å². The van der Waals surface area contributed by atoms with Gasteiger partial charge < -0.3 is 14.6 Å². The molecule has 0 aliphatic carbocycles. The quantitative estimate of drug-likeness (QED) is 0.173. The van der Waals surface area contributed by atoms with Crippen LogP contribution in [-0.4, -0.2) is 71.9 Å². The molecular formula is C31H29F3N4O7S2. The number of pyridine rings is 1. The SMILES string of the molecule is Cc1cccnc1-c1cc(Oc2ccc(S(C)(=O)=O)cc2)c(OC(=O)C(F)(F)F)c(C(=O)Nc2nc(CN3CCC(O)CC3)cs2)c1. The zero-order valence-electron chi connectivity index (χ0n) is 25.1. The molecule has 2 N–H and O–H groups in total. The van der Waals surface area contributed by atoms with Crippen LogP contribution >= 0.6 is 11.3 Å². The maximum absolute atomic E-state index is 13.7. The number of hydrogen-bond donors (Lipinski definition) is 2. The predicted molar refractivity (Wildman–Crippen MR) is 166 cm³/mol. The van der Waals surface area contributed by atoms with Gasteiger partial charge in [0.15, 0.2) is 26.5 Å². The van der Waals surface area contributed by atoms with Crippen LogP contribution in [0.4, 0.5) is 18.3 Å². The van der Waals surface area contributed by atoms with E-state index in [-0.39, 0.29) is 27.4 Å². The summed E-state index contributed by atoms with van der Waals surface area (Å²) in [5, 5.41) is 14.2. The molecule has 0 unspecified atom stereocenters. The highest BCUT2D eigenvalue weighted by Gasteiger charge is 2.43. The number of likely N-dealkylation sites (tertiary alicyclic amines) is 1. The third kappa shape index (κ3) is 8.51. The second-order valence-corrected chi connectivity index (χ2v) is 13.7. The molecule has 5 rings (SSSR count). The molecule has 1 fully saturated rings. The van der Waals surface area contributed by atoms with E-state index in [4.69, 9.17) is 9.47 Å². The Hall–Kier alpha value is -4.38. The van der Waals surface area contributed by atoms with Crippen molar-refractivity contribution >= 4 is 38.2 Å². The van der Waals surface area contributed by atoms with Crippen molar-refractivity contribution in [1.82, 2.24) is 14.9 Å². The number of aliphatic hydroxyl groups excluding tert-OH is 1. The fraction of sp³-hybridized carbons (Fsp3) is 0.290. The number of aryl methyl sites for hydroxylation is 1. The molecule has 0 radical (unpaired) electrons. The monoisotopic (exact) mass is 690 g/mol. The van der Waals surface area contributed by atoms with Gasteiger partial charge in [-0.1, -0.05) is 6.07 Å². The number of nitrogens with zero attached hydrogens (tertiary/aromatic N) is 3. The average Bonchev–Trinajstić information content (AvgIpc) is 3.45. The summed E-state index contributed by atoms with van der Waals surface area (Å²) in [7, 11) is -3.57. The number of carbonyl (C=O) groups is 2. The van der Waals surface area contributed by atoms with Crippen LogP contribution in [0.1, 0.15) is 34.5 Å². The van der Waals surface area contributed by atoms with Gasteiger partial charge in [-0.15, -0.1) is 11.3 Å². The smallest absolute Gasteiger partial charge is 0.453 e. The van der Waals surface area contributed by atoms with Gasteiger partial charge in [-0.3, -0.25) is 20.0 Å². The molecule has 2 aromatic heterocycles. The molecule has 248 valence electrons. The van der Waals surface area contributed by atoms with E-state index < -0.39 is 45.0 Å². The number of halogens is 3. The van der Waals surface area contributed by atoms with Crippen molar-refractivity contribution in [3.8, 4) is 28.5 Å². The van der Waals surface area contributed by atoms with Crippen LogP contribution in [0.3, 0.4) is 0 Å². The number of rotatable bonds is 9. The number of piperidine rings is 1. The highest BCUT2D eigenvalue weighted by Crippen LogP contribution is 2.41. The number of amides is 1. The van der Waals surface area contributed by atoms with E-state index in [0.29, 0.717) is 49.4 Å². The van der Waals surface area contributed by atoms with Gasteiger partial charge in [0.2, 0.25) is 0 Å². The lowest BCUT2D eigenvalue weighted by Crippen LogP contribution is -2.35. The van der Waals surface area contributed by atoms with Gasteiger partial charge >= 0.3 is 12.1 Å². The Morgan fingerprint density at radius 1 is 1.13 bits per heavy atom. The molecule has 1 saturated heterocycles. The highest BCUT2D eigenvalue weighted by atomic mass is 32.2. The maximum atomic E-state index is 13.7. The Labute approximate surface area is 271 Å². The van der Waals surface area contributed by atoms with E-state index >= 15 is 0 Å². The van der Waals surface area contributed by atoms with Crippen LogP contribution in [0.5, 0.6) is 17.2 Å². The van der Waals surface area contributed by atoms with E-state index in [1.54, 1.807) is 24.4 Å². The predicted octanol–water partition coefficient (Wildman–Crippen LogP) is 5.39. The Bertz CT molecular complexity index is 1890. The van der Waals surface area contributed by atoms with Crippen LogP contribution in [0.15, 0.2) is 65.0 Å². The molecule has 47 heavy (non-hydrogen) atoms. The molecule has 1 aliphatic heterocycles. The molecule has 16 heteroatoms. The molecular weight excluding hydrogens is 661 g/mol. The lowest BCUT2D eigenvalue weighted by atomic mass is 10.0. The van der Waals surface area contributed by atoms with Crippen LogP contribution in [0, 0.1) is 6.92 Å². The summed E-state index contributed by atoms with van der Waals surface area (Å²) >= 11 is 1.10. The summed E-state index contributed by atoms with van der Waals surface area (Å²) in [6.45, 7) is 3.56. The van der Waals surface area contributed by atoms with Crippen molar-refractivity contribution in [2.24, 2.45) is 0 Å². The lowest BCUT2D eigenvalue weighted by Gasteiger charge is -2.28. The van der Waals surface area contributed by atoms with Gasteiger partial charge in [0, 0.05) is 43.0 Å². The molecule has 0 bridgehead atoms. The van der Waals surface area contributed by atoms with Crippen molar-refractivity contribution in [1.29, 1.82) is 0 Å². The zero-order valence-corrected chi connectivity index (χ0v) is 26.7. The first kappa shape index (κ1) is 34.0. The first-order valence-electron chi connectivity index (χ1n) is 14.2. The number of esters is 1. The third-order valence-electron chi connectivity index (χ3n) is 7.20. The summed E-state index contributed by atoms with van der Waals surface area (Å²) in [6.07, 6.45) is -2.00. The minimum absolute atomic E-state index is 0.0160. The Balaban J connectivity index is 1.55. The third-order valence-corrected chi connectivity index (χ3v) is 9.14. The first-order chi connectivity index (χ1) is 22.2. The van der Waals surface area contributed by atoms with Crippen molar-refractivity contribution in [2.75, 3.05) is 24.7 Å². The second kappa shape index (κ2) is 13.8. The normalized spacial score (nSPS) is 14.5. The topological polar surface area (TPSA) is 148 Å². The van der Waals surface area contributed by atoms with Crippen LogP contribution in [0.25, 0.3) is 11.3 Å². The van der Waals surface area contributed by atoms with Gasteiger partial charge in [0.25, 0.3) is 5.91 Å². The van der Waals surface area contributed by atoms with E-state index in [0.717, 1.165) is 17.6 Å². The zero-order chi connectivity index (χ0) is 33.9. The number of hydrogen-bond acceptors (Lipinski definition) is 11. The average molecular weight is 691 g/mol. The minimum atomic E-state index is -5.41. The van der Waals surface area contributed by atoms with E-state index in [9.17, 15) is 36.3 Å². The highest BCUT2D eigenvalue weighted by molar-refractivity contribution is 7.90. The maximum Gasteiger partial charge on any atom is 0.491 e. The number of carbonyl (C=O) groups excluding carboxylic acids is 2. The number of aromatic nitrogens is 2. The summed E-state index contributed by atoms with van der Waals surface area (Å²) in [6, 6.07) is 10.9. The Kier molecular flexibility index (Phi) is 9.95. The van der Waals surface area contributed by atoms with Gasteiger partial charge in [0.05, 0.1) is 28.0 Å². The molecule has 4 aromatic rings. The number of ether oxygens (including phenoxy) is 2. The molecule has 11 nitrogen and oxygen atoms in total. The summed E-state index contributed by atoms with van der Waals surface area (Å²) < 4.78 is 74.8. The summed E-state index contributed by atoms with van der Waals surface area (Å²) in [4.78, 5) is 36.7. The lowest BCUT2D eigenvalue weighted by molar-refractivity contribution is -0.189. The number of alkyl halides is 3. The molecule has 2 aromatic carbocycles. The van der Waals surface area contributed by atoms with Crippen molar-refractivity contribution < 1.29 is 45.8 Å². The van der Waals surface area contributed by atoms with Crippen LogP contribution in [0.2, 0.25) is 0 Å². The molecule has 0 spiro atoms. The van der Waals surface area contributed by atoms with Crippen molar-refractivity contribution in [2.45, 2.75) is 43.5 Å². The minimum Gasteiger partial charge on any atom is -0.453 e. The van der Waals surface area contributed by atoms with E-state index in [1.807, 2.05) is 0 Å². The van der Waals surface area contributed by atoms with Gasteiger partial charge in [0.1, 0.15) is 5.75 Å². The summed E-state index contributed by atoms with van der Waals surface area (Å²) in [5.74, 6) is -4.80. The largest absolute Gasteiger partial charge is 0.491 e. The Morgan fingerprint density at radius 2 is 1.83 bits per heavy atom. The van der Waals surface area contributed by atoms with Gasteiger partial charge in [-0.25, -0.2) is 18.2 Å². The number of benzene rings is 2. The molecule has 0 saturated carbocycles. The summed E-state index contributed by atoms with van der Waals surface area (Å²) in [5.41, 5.74) is 1.46. The van der Waals surface area contributed by atoms with E-state index in [2.05, 4.69) is 20.2 Å². The fourth-order valence-corrected chi connectivity index (χ4v) is 6.14. The number of nitrogens with one attached hydrogen (secondary N) is 1. The van der Waals surface area contributed by atoms with E-state index in [1.165, 1.54) is 42.6 Å². The standard InChI is InChI=1S/C31H29F3N4O7S2/c1-18-4-3-11-35-26(18)19-14-24(28(40)37-30-36-20(17-46-30)16-38-12-9-21(39)10-13-38)27(45-29(41)31(32,33)34)25(15-19)44-22-5-7-23(8-6-22)47(2,42)43/h3-8,11,14-15,17,21,39H,9-10,12-13,16H2,1-2H3,(H,36,37,40). The number of anilines is 1. The van der Waals surface area contributed by atoms with Crippen molar-refractivity contribution in [3.05, 3.63) is 76.9 Å². The molecule has 1 amide bonds. The fourth-order valence-electron chi connectivity index (χ4n) is 4.82. The van der Waals surface area contributed by atoms with Gasteiger partial charge in [-0.05, 0) is 67.8 Å². The molecule has 1 aliphatic rings. The van der Waals surface area contributed by atoms with Gasteiger partial charge in [-0.2, -0.15) is 13.2 Å². The molecule has 3 heterocycles. The number of thiazole rings is 1. The first-order valence-corrected chi connectivity index (χ1v) is 17.0. The number of aliphatic hydroxyl groups is 1.